The molecule has 0 fully saturated rings. The number of nitrogens with zero attached hydrogens (tertiary/aromatic N) is 2. The molecule has 1 unspecified atom stereocenters. The first-order valence-corrected chi connectivity index (χ1v) is 6.11. The molecular weight excluding hydrogens is 256 g/mol. The summed E-state index contributed by atoms with van der Waals surface area (Å²) in [4.78, 5) is 8.33. The summed E-state index contributed by atoms with van der Waals surface area (Å²) in [5, 5.41) is 6.62. The first-order valence-electron chi connectivity index (χ1n) is 5.73. The summed E-state index contributed by atoms with van der Waals surface area (Å²) >= 11 is 6.01. The minimum Gasteiger partial charge on any atom is -0.382 e. The van der Waals surface area contributed by atoms with Gasteiger partial charge in [-0.05, 0) is 6.92 Å². The van der Waals surface area contributed by atoms with Crippen molar-refractivity contribution in [2.45, 2.75) is 13.0 Å². The zero-order chi connectivity index (χ0) is 13.4. The molecule has 0 aliphatic rings. The van der Waals surface area contributed by atoms with Gasteiger partial charge in [0.25, 0.3) is 0 Å². The molecule has 1 aromatic heterocycles. The number of hydrogen-bond acceptors (Lipinski definition) is 6. The van der Waals surface area contributed by atoms with Crippen molar-refractivity contribution in [1.29, 1.82) is 0 Å². The number of rotatable bonds is 8. The van der Waals surface area contributed by atoms with Gasteiger partial charge in [-0.25, -0.2) is 4.98 Å². The standard InChI is InChI=1S/C11H19ClN4O2/c1-4-13-11-15-6-9(12)10(16-11)14-5-8(18-3)7-17-2/h6,8H,4-5,7H2,1-3H3,(H2,13,14,15,16). The number of hydrogen-bond donors (Lipinski definition) is 2. The average molecular weight is 275 g/mol. The van der Waals surface area contributed by atoms with Crippen LogP contribution in [0.15, 0.2) is 6.20 Å². The summed E-state index contributed by atoms with van der Waals surface area (Å²) in [6.45, 7) is 3.80. The Bertz CT molecular complexity index is 365. The van der Waals surface area contributed by atoms with Gasteiger partial charge in [-0.15, -0.1) is 0 Å². The van der Waals surface area contributed by atoms with Crippen LogP contribution in [0.2, 0.25) is 5.02 Å². The van der Waals surface area contributed by atoms with E-state index in [0.29, 0.717) is 29.9 Å². The van der Waals surface area contributed by atoms with Crippen molar-refractivity contribution < 1.29 is 9.47 Å². The Balaban J connectivity index is 2.62. The quantitative estimate of drug-likeness (QED) is 0.751. The second-order valence-corrected chi connectivity index (χ2v) is 4.02. The molecule has 1 heterocycles. The summed E-state index contributed by atoms with van der Waals surface area (Å²) in [7, 11) is 3.27. The predicted molar refractivity (Wildman–Crippen MR) is 72.4 cm³/mol. The molecule has 102 valence electrons. The third kappa shape index (κ3) is 4.64. The molecule has 0 amide bonds. The fourth-order valence-electron chi connectivity index (χ4n) is 1.34. The molecule has 2 N–H and O–H groups in total. The summed E-state index contributed by atoms with van der Waals surface area (Å²) < 4.78 is 10.3. The highest BCUT2D eigenvalue weighted by Crippen LogP contribution is 2.19. The van der Waals surface area contributed by atoms with Crippen LogP contribution in [0, 0.1) is 0 Å². The molecule has 0 aliphatic carbocycles. The highest BCUT2D eigenvalue weighted by Gasteiger charge is 2.09. The lowest BCUT2D eigenvalue weighted by Crippen LogP contribution is -2.27. The Hall–Kier alpha value is -1.11. The van der Waals surface area contributed by atoms with Crippen LogP contribution >= 0.6 is 11.6 Å². The Morgan fingerprint density at radius 3 is 2.78 bits per heavy atom. The van der Waals surface area contributed by atoms with Crippen molar-refractivity contribution in [2.75, 3.05) is 44.5 Å². The van der Waals surface area contributed by atoms with Gasteiger partial charge >= 0.3 is 0 Å². The number of aromatic nitrogens is 2. The van der Waals surface area contributed by atoms with Crippen molar-refractivity contribution in [3.63, 3.8) is 0 Å². The SMILES string of the molecule is CCNc1ncc(Cl)c(NCC(COC)OC)n1. The second kappa shape index (κ2) is 8.07. The van der Waals surface area contributed by atoms with Gasteiger partial charge in [0.15, 0.2) is 5.82 Å². The van der Waals surface area contributed by atoms with Crippen LogP contribution in [-0.4, -0.2) is 50.0 Å². The van der Waals surface area contributed by atoms with Crippen LogP contribution in [0.3, 0.4) is 0 Å². The third-order valence-corrected chi connectivity index (χ3v) is 2.54. The maximum Gasteiger partial charge on any atom is 0.224 e. The molecule has 1 aromatic rings. The first kappa shape index (κ1) is 14.9. The van der Waals surface area contributed by atoms with Crippen LogP contribution in [0.5, 0.6) is 0 Å². The number of ether oxygens (including phenoxy) is 2. The summed E-state index contributed by atoms with van der Waals surface area (Å²) in [6.07, 6.45) is 1.51. The molecule has 0 saturated carbocycles. The molecule has 18 heavy (non-hydrogen) atoms. The number of anilines is 2. The summed E-state index contributed by atoms with van der Waals surface area (Å²) in [5.41, 5.74) is 0. The number of halogens is 1. The largest absolute Gasteiger partial charge is 0.382 e. The zero-order valence-electron chi connectivity index (χ0n) is 10.9. The van der Waals surface area contributed by atoms with E-state index in [9.17, 15) is 0 Å². The predicted octanol–water partition coefficient (Wildman–Crippen LogP) is 1.64. The maximum atomic E-state index is 6.01. The lowest BCUT2D eigenvalue weighted by molar-refractivity contribution is 0.0365. The Morgan fingerprint density at radius 1 is 1.39 bits per heavy atom. The van der Waals surface area contributed by atoms with Gasteiger partial charge in [0, 0.05) is 27.3 Å². The molecule has 0 saturated heterocycles. The molecular formula is C11H19ClN4O2. The minimum atomic E-state index is -0.0522. The van der Waals surface area contributed by atoms with Gasteiger partial charge in [0.1, 0.15) is 5.02 Å². The number of methoxy groups -OCH3 is 2. The Kier molecular flexibility index (Phi) is 6.70. The van der Waals surface area contributed by atoms with Crippen molar-refractivity contribution in [1.82, 2.24) is 9.97 Å². The van der Waals surface area contributed by atoms with Crippen molar-refractivity contribution >= 4 is 23.4 Å². The van der Waals surface area contributed by atoms with Gasteiger partial charge in [-0.2, -0.15) is 4.98 Å². The van der Waals surface area contributed by atoms with Crippen LogP contribution in [-0.2, 0) is 9.47 Å². The lowest BCUT2D eigenvalue weighted by Gasteiger charge is -2.16. The van der Waals surface area contributed by atoms with Gasteiger partial charge in [0.2, 0.25) is 5.95 Å². The fourth-order valence-corrected chi connectivity index (χ4v) is 1.50. The fraction of sp³-hybridized carbons (Fsp3) is 0.636. The molecule has 6 nitrogen and oxygen atoms in total. The van der Waals surface area contributed by atoms with Crippen molar-refractivity contribution in [3.8, 4) is 0 Å². The normalized spacial score (nSPS) is 12.2. The molecule has 0 radical (unpaired) electrons. The van der Waals surface area contributed by atoms with E-state index in [1.165, 1.54) is 0 Å². The second-order valence-electron chi connectivity index (χ2n) is 3.61. The molecule has 1 atom stereocenters. The Labute approximate surface area is 112 Å². The topological polar surface area (TPSA) is 68.3 Å². The highest BCUT2D eigenvalue weighted by molar-refractivity contribution is 6.32. The minimum absolute atomic E-state index is 0.0522. The highest BCUT2D eigenvalue weighted by atomic mass is 35.5. The summed E-state index contributed by atoms with van der Waals surface area (Å²) in [6, 6.07) is 0. The van der Waals surface area contributed by atoms with Crippen LogP contribution in [0.25, 0.3) is 0 Å². The van der Waals surface area contributed by atoms with Crippen LogP contribution < -0.4 is 10.6 Å². The average Bonchev–Trinajstić information content (AvgIpc) is 2.38. The molecule has 0 spiro atoms. The first-order chi connectivity index (χ1) is 8.71. The molecule has 7 heteroatoms. The number of nitrogens with one attached hydrogen (secondary N) is 2. The zero-order valence-corrected chi connectivity index (χ0v) is 11.6. The smallest absolute Gasteiger partial charge is 0.224 e. The van der Waals surface area contributed by atoms with Gasteiger partial charge in [-0.1, -0.05) is 11.6 Å². The Morgan fingerprint density at radius 2 is 2.17 bits per heavy atom. The van der Waals surface area contributed by atoms with E-state index in [0.717, 1.165) is 6.54 Å². The molecule has 1 rings (SSSR count). The van der Waals surface area contributed by atoms with Gasteiger partial charge in [0.05, 0.1) is 18.9 Å². The van der Waals surface area contributed by atoms with Crippen LogP contribution in [0.4, 0.5) is 11.8 Å². The van der Waals surface area contributed by atoms with E-state index < -0.39 is 0 Å². The van der Waals surface area contributed by atoms with Crippen molar-refractivity contribution in [3.05, 3.63) is 11.2 Å². The summed E-state index contributed by atoms with van der Waals surface area (Å²) in [5.74, 6) is 1.13. The van der Waals surface area contributed by atoms with E-state index in [1.54, 1.807) is 20.4 Å². The van der Waals surface area contributed by atoms with Gasteiger partial charge < -0.3 is 20.1 Å². The lowest BCUT2D eigenvalue weighted by atomic mass is 10.3. The van der Waals surface area contributed by atoms with Crippen molar-refractivity contribution in [2.24, 2.45) is 0 Å². The van der Waals surface area contributed by atoms with E-state index in [-0.39, 0.29) is 6.10 Å². The van der Waals surface area contributed by atoms with Crippen LogP contribution in [0.1, 0.15) is 6.92 Å². The third-order valence-electron chi connectivity index (χ3n) is 2.26. The molecule has 0 aromatic carbocycles. The van der Waals surface area contributed by atoms with E-state index in [1.807, 2.05) is 6.92 Å². The molecule has 0 aliphatic heterocycles. The van der Waals surface area contributed by atoms with E-state index >= 15 is 0 Å². The van der Waals surface area contributed by atoms with Gasteiger partial charge in [-0.3, -0.25) is 0 Å². The monoisotopic (exact) mass is 274 g/mol. The van der Waals surface area contributed by atoms with E-state index in [2.05, 4.69) is 20.6 Å². The molecule has 0 bridgehead atoms. The van der Waals surface area contributed by atoms with E-state index in [4.69, 9.17) is 21.1 Å². The maximum absolute atomic E-state index is 6.01.